The highest BCUT2D eigenvalue weighted by Gasteiger charge is 2.13. The van der Waals surface area contributed by atoms with Gasteiger partial charge in [0.15, 0.2) is 11.5 Å². The average Bonchev–Trinajstić information content (AvgIpc) is 2.74. The number of fused-ring (bicyclic) bond motifs is 1. The summed E-state index contributed by atoms with van der Waals surface area (Å²) >= 11 is 0. The molecule has 2 aromatic carbocycles. The summed E-state index contributed by atoms with van der Waals surface area (Å²) in [4.78, 5) is 0. The number of hydrogen-bond acceptors (Lipinski definition) is 3. The molecule has 0 amide bonds. The van der Waals surface area contributed by atoms with Gasteiger partial charge in [0.25, 0.3) is 0 Å². The molecule has 0 aromatic heterocycles. The Bertz CT molecular complexity index is 581. The molecule has 0 unspecified atom stereocenters. The molecule has 3 nitrogen and oxygen atoms in total. The molecule has 0 spiro atoms. The Kier molecular flexibility index (Phi) is 2.51. The Morgan fingerprint density at radius 1 is 0.833 bits per heavy atom. The van der Waals surface area contributed by atoms with Crippen LogP contribution in [0.2, 0.25) is 0 Å². The quantitative estimate of drug-likeness (QED) is 0.884. The number of hydrogen-bond donors (Lipinski definition) is 1. The number of nitrogens with one attached hydrogen (secondary N) is 1. The molecule has 0 radical (unpaired) electrons. The predicted molar refractivity (Wildman–Crippen MR) is 62.2 cm³/mol. The zero-order valence-corrected chi connectivity index (χ0v) is 9.24. The fraction of sp³-hybridized carbons (Fsp3) is 0.0769. The highest BCUT2D eigenvalue weighted by Crippen LogP contribution is 2.35. The first-order valence-electron chi connectivity index (χ1n) is 5.33. The first kappa shape index (κ1) is 10.8. The minimum Gasteiger partial charge on any atom is -0.454 e. The Morgan fingerprint density at radius 2 is 1.56 bits per heavy atom. The second-order valence-corrected chi connectivity index (χ2v) is 3.85. The van der Waals surface area contributed by atoms with Gasteiger partial charge in [-0.15, -0.1) is 0 Å². The molecule has 0 atom stereocenters. The van der Waals surface area contributed by atoms with Gasteiger partial charge in [-0.05, 0) is 24.3 Å². The number of rotatable bonds is 2. The van der Waals surface area contributed by atoms with Crippen molar-refractivity contribution in [3.05, 3.63) is 48.0 Å². The van der Waals surface area contributed by atoms with Crippen molar-refractivity contribution in [2.45, 2.75) is 0 Å². The van der Waals surface area contributed by atoms with E-state index in [1.165, 1.54) is 12.1 Å². The molecule has 0 bridgehead atoms. The van der Waals surface area contributed by atoms with E-state index in [1.54, 1.807) is 18.2 Å². The van der Waals surface area contributed by atoms with Crippen LogP contribution >= 0.6 is 0 Å². The van der Waals surface area contributed by atoms with E-state index in [1.807, 2.05) is 0 Å². The van der Waals surface area contributed by atoms with Gasteiger partial charge in [-0.3, -0.25) is 0 Å². The summed E-state index contributed by atoms with van der Waals surface area (Å²) < 4.78 is 36.4. The van der Waals surface area contributed by atoms with Gasteiger partial charge >= 0.3 is 0 Å². The minimum atomic E-state index is -0.627. The fourth-order valence-electron chi connectivity index (χ4n) is 1.77. The normalized spacial score (nSPS) is 12.6. The third-order valence-corrected chi connectivity index (χ3v) is 2.52. The van der Waals surface area contributed by atoms with E-state index in [0.717, 1.165) is 6.07 Å². The van der Waals surface area contributed by atoms with Crippen LogP contribution in [0.3, 0.4) is 0 Å². The maximum atomic E-state index is 13.0. The molecule has 1 aliphatic heterocycles. The van der Waals surface area contributed by atoms with Crippen molar-refractivity contribution in [3.63, 3.8) is 0 Å². The lowest BCUT2D eigenvalue weighted by Crippen LogP contribution is -1.93. The van der Waals surface area contributed by atoms with Crippen molar-refractivity contribution < 1.29 is 18.3 Å². The first-order chi connectivity index (χ1) is 8.70. The van der Waals surface area contributed by atoms with Crippen LogP contribution in [0, 0.1) is 11.6 Å². The van der Waals surface area contributed by atoms with Gasteiger partial charge in [0.1, 0.15) is 11.6 Å². The molecule has 0 aliphatic carbocycles. The highest BCUT2D eigenvalue weighted by molar-refractivity contribution is 5.63. The zero-order chi connectivity index (χ0) is 12.5. The van der Waals surface area contributed by atoms with E-state index in [0.29, 0.717) is 22.9 Å². The number of anilines is 2. The number of halogens is 2. The third-order valence-electron chi connectivity index (χ3n) is 2.52. The van der Waals surface area contributed by atoms with E-state index in [2.05, 4.69) is 5.32 Å². The molecule has 1 aliphatic rings. The van der Waals surface area contributed by atoms with Gasteiger partial charge in [-0.25, -0.2) is 8.78 Å². The summed E-state index contributed by atoms with van der Waals surface area (Å²) in [5, 5.41) is 2.90. The largest absolute Gasteiger partial charge is 0.454 e. The van der Waals surface area contributed by atoms with Gasteiger partial charge in [-0.2, -0.15) is 0 Å². The molecule has 0 fully saturated rings. The molecule has 2 aromatic rings. The molecule has 5 heteroatoms. The van der Waals surface area contributed by atoms with Gasteiger partial charge in [0.2, 0.25) is 6.79 Å². The second-order valence-electron chi connectivity index (χ2n) is 3.85. The van der Waals surface area contributed by atoms with E-state index < -0.39 is 11.6 Å². The van der Waals surface area contributed by atoms with E-state index >= 15 is 0 Å². The molecular formula is C13H9F2NO2. The maximum Gasteiger partial charge on any atom is 0.231 e. The van der Waals surface area contributed by atoms with Crippen LogP contribution in [0.1, 0.15) is 0 Å². The summed E-state index contributed by atoms with van der Waals surface area (Å²) in [7, 11) is 0. The summed E-state index contributed by atoms with van der Waals surface area (Å²) in [6.07, 6.45) is 0. The Labute approximate surface area is 102 Å². The Hall–Kier alpha value is -2.30. The SMILES string of the molecule is Fc1cc(F)cc(Nc2ccc3c(c2)OCO3)c1. The fourth-order valence-corrected chi connectivity index (χ4v) is 1.77. The van der Waals surface area contributed by atoms with Crippen molar-refractivity contribution in [2.75, 3.05) is 12.1 Å². The molecule has 3 rings (SSSR count). The highest BCUT2D eigenvalue weighted by atomic mass is 19.1. The second kappa shape index (κ2) is 4.18. The van der Waals surface area contributed by atoms with Crippen LogP contribution in [0.4, 0.5) is 20.2 Å². The van der Waals surface area contributed by atoms with Crippen molar-refractivity contribution in [3.8, 4) is 11.5 Å². The first-order valence-corrected chi connectivity index (χ1v) is 5.33. The molecule has 0 saturated heterocycles. The third kappa shape index (κ3) is 2.07. The molecule has 18 heavy (non-hydrogen) atoms. The molecule has 0 saturated carbocycles. The minimum absolute atomic E-state index is 0.188. The van der Waals surface area contributed by atoms with E-state index in [9.17, 15) is 8.78 Å². The van der Waals surface area contributed by atoms with Crippen molar-refractivity contribution >= 4 is 11.4 Å². The van der Waals surface area contributed by atoms with Crippen LogP contribution in [-0.2, 0) is 0 Å². The lowest BCUT2D eigenvalue weighted by molar-refractivity contribution is 0.174. The number of benzene rings is 2. The molecule has 92 valence electrons. The zero-order valence-electron chi connectivity index (χ0n) is 9.24. The molecule has 1 N–H and O–H groups in total. The molecular weight excluding hydrogens is 240 g/mol. The van der Waals surface area contributed by atoms with Crippen LogP contribution in [-0.4, -0.2) is 6.79 Å². The van der Waals surface area contributed by atoms with E-state index in [4.69, 9.17) is 9.47 Å². The van der Waals surface area contributed by atoms with Crippen molar-refractivity contribution in [2.24, 2.45) is 0 Å². The van der Waals surface area contributed by atoms with Gasteiger partial charge in [0.05, 0.1) is 0 Å². The summed E-state index contributed by atoms with van der Waals surface area (Å²) in [6, 6.07) is 8.45. The molecule has 1 heterocycles. The topological polar surface area (TPSA) is 30.5 Å². The maximum absolute atomic E-state index is 13.0. The van der Waals surface area contributed by atoms with Crippen LogP contribution in [0.5, 0.6) is 11.5 Å². The lowest BCUT2D eigenvalue weighted by Gasteiger charge is -2.07. The number of ether oxygens (including phenoxy) is 2. The van der Waals surface area contributed by atoms with Crippen LogP contribution < -0.4 is 14.8 Å². The monoisotopic (exact) mass is 249 g/mol. The summed E-state index contributed by atoms with van der Waals surface area (Å²) in [6.45, 7) is 0.188. The van der Waals surface area contributed by atoms with Gasteiger partial charge in [0, 0.05) is 23.5 Å². The van der Waals surface area contributed by atoms with Crippen LogP contribution in [0.15, 0.2) is 36.4 Å². The van der Waals surface area contributed by atoms with Gasteiger partial charge in [-0.1, -0.05) is 0 Å². The Morgan fingerprint density at radius 3 is 2.33 bits per heavy atom. The average molecular weight is 249 g/mol. The summed E-state index contributed by atoms with van der Waals surface area (Å²) in [5.74, 6) is 0.0133. The van der Waals surface area contributed by atoms with E-state index in [-0.39, 0.29) is 6.79 Å². The van der Waals surface area contributed by atoms with Crippen molar-refractivity contribution in [1.82, 2.24) is 0 Å². The van der Waals surface area contributed by atoms with Crippen molar-refractivity contribution in [1.29, 1.82) is 0 Å². The van der Waals surface area contributed by atoms with Gasteiger partial charge < -0.3 is 14.8 Å². The summed E-state index contributed by atoms with van der Waals surface area (Å²) in [5.41, 5.74) is 1.01. The standard InChI is InChI=1S/C13H9F2NO2/c14-8-3-9(15)5-11(4-8)16-10-1-2-12-13(6-10)18-7-17-12/h1-6,16H,7H2. The smallest absolute Gasteiger partial charge is 0.231 e. The Balaban J connectivity index is 1.88. The predicted octanol–water partition coefficient (Wildman–Crippen LogP) is 3.44. The van der Waals surface area contributed by atoms with Crippen LogP contribution in [0.25, 0.3) is 0 Å². The lowest BCUT2D eigenvalue weighted by atomic mass is 10.2.